The highest BCUT2D eigenvalue weighted by Gasteiger charge is 2.33. The van der Waals surface area contributed by atoms with Gasteiger partial charge in [-0.3, -0.25) is 9.36 Å². The van der Waals surface area contributed by atoms with Crippen LogP contribution in [0.5, 0.6) is 0 Å². The molecule has 0 saturated carbocycles. The maximum absolute atomic E-state index is 11.3. The molecule has 1 rings (SSSR count). The highest BCUT2D eigenvalue weighted by Crippen LogP contribution is 2.42. The Morgan fingerprint density at radius 3 is 2.32 bits per heavy atom. The summed E-state index contributed by atoms with van der Waals surface area (Å²) < 4.78 is 21.4. The third-order valence-corrected chi connectivity index (χ3v) is 3.67. The Bertz CT molecular complexity index is 307. The lowest BCUT2D eigenvalue weighted by Crippen LogP contribution is -2.26. The molecule has 0 radical (unpaired) electrons. The molecule has 4 atom stereocenters. The van der Waals surface area contributed by atoms with Gasteiger partial charge in [-0.05, 0) is 13.8 Å². The maximum atomic E-state index is 11.3. The summed E-state index contributed by atoms with van der Waals surface area (Å²) in [5, 5.41) is 9.49. The molecule has 7 heteroatoms. The molecule has 0 spiro atoms. The lowest BCUT2D eigenvalue weighted by Gasteiger charge is -2.16. The highest BCUT2D eigenvalue weighted by molar-refractivity contribution is 7.53. The molecular weight excluding hydrogens is 271 g/mol. The van der Waals surface area contributed by atoms with Crippen molar-refractivity contribution in [1.82, 2.24) is 0 Å². The number of hydrogen-bond acceptors (Lipinski definition) is 5. The van der Waals surface area contributed by atoms with Crippen molar-refractivity contribution in [2.45, 2.75) is 60.9 Å². The van der Waals surface area contributed by atoms with E-state index in [2.05, 4.69) is 0 Å². The Labute approximate surface area is 116 Å². The molecule has 0 aromatic carbocycles. The lowest BCUT2D eigenvalue weighted by molar-refractivity contribution is -0.114. The zero-order valence-corrected chi connectivity index (χ0v) is 10.2. The molecule has 6 nitrogen and oxygen atoms in total. The van der Waals surface area contributed by atoms with Crippen molar-refractivity contribution >= 4 is 13.4 Å². The Balaban J connectivity index is -0.000000853. The average Bonchev–Trinajstić information content (AvgIpc) is 2.39. The molecule has 1 heterocycles. The second-order valence-corrected chi connectivity index (χ2v) is 5.93. The zero-order chi connectivity index (χ0) is 12.3. The molecule has 0 bridgehead atoms. The van der Waals surface area contributed by atoms with E-state index in [0.29, 0.717) is 6.42 Å². The van der Waals surface area contributed by atoms with Crippen molar-refractivity contribution in [3.05, 3.63) is 0 Å². The predicted molar refractivity (Wildman–Crippen MR) is 76.5 cm³/mol. The average molecular weight is 300 g/mol. The SMILES string of the molecule is C.C.C.CC(=O)CP(=O)(O)OCC1OC(C)CC1O. The number of Topliss-reactive ketones (excluding diaryl/α,β-unsaturated/α-hetero) is 1. The third-order valence-electron chi connectivity index (χ3n) is 2.27. The van der Waals surface area contributed by atoms with E-state index in [1.165, 1.54) is 6.92 Å². The maximum Gasteiger partial charge on any atom is 0.335 e. The van der Waals surface area contributed by atoms with Gasteiger partial charge in [-0.25, -0.2) is 0 Å². The molecular formula is C12H29O6P. The van der Waals surface area contributed by atoms with Crippen molar-refractivity contribution < 1.29 is 28.6 Å². The Hall–Kier alpha value is -0.260. The molecule has 2 N–H and O–H groups in total. The number of ketones is 1. The summed E-state index contributed by atoms with van der Waals surface area (Å²) in [5.41, 5.74) is 0. The van der Waals surface area contributed by atoms with Gasteiger partial charge in [0, 0.05) is 6.42 Å². The number of hydrogen-bond donors (Lipinski definition) is 2. The minimum absolute atomic E-state index is 0. The predicted octanol–water partition coefficient (Wildman–Crippen LogP) is 2.22. The highest BCUT2D eigenvalue weighted by atomic mass is 31.2. The number of carbonyl (C=O) groups is 1. The van der Waals surface area contributed by atoms with Crippen LogP contribution in [0.2, 0.25) is 0 Å². The Morgan fingerprint density at radius 2 is 1.95 bits per heavy atom. The molecule has 1 saturated heterocycles. The van der Waals surface area contributed by atoms with Crippen molar-refractivity contribution in [1.29, 1.82) is 0 Å². The van der Waals surface area contributed by atoms with Crippen LogP contribution in [-0.4, -0.2) is 46.9 Å². The number of aliphatic hydroxyl groups excluding tert-OH is 1. The molecule has 4 unspecified atom stereocenters. The number of aliphatic hydroxyl groups is 1. The van der Waals surface area contributed by atoms with Gasteiger partial charge < -0.3 is 19.3 Å². The summed E-state index contributed by atoms with van der Waals surface area (Å²) >= 11 is 0. The summed E-state index contributed by atoms with van der Waals surface area (Å²) in [7, 11) is -3.89. The molecule has 1 aliphatic heterocycles. The lowest BCUT2D eigenvalue weighted by atomic mass is 10.1. The van der Waals surface area contributed by atoms with Crippen LogP contribution in [-0.2, 0) is 18.6 Å². The van der Waals surface area contributed by atoms with Crippen molar-refractivity contribution in [3.8, 4) is 0 Å². The molecule has 0 aliphatic carbocycles. The quantitative estimate of drug-likeness (QED) is 0.756. The van der Waals surface area contributed by atoms with Crippen LogP contribution in [0.4, 0.5) is 0 Å². The standard InChI is InChI=1S/C9H17O6P.3CH4/c1-6(10)5-16(12,13)14-4-9-8(11)3-7(2)15-9;;;/h7-9,11H,3-5H2,1-2H3,(H,12,13);3*1H4. The van der Waals surface area contributed by atoms with E-state index in [4.69, 9.17) is 9.26 Å². The fraction of sp³-hybridized carbons (Fsp3) is 0.917. The number of ether oxygens (including phenoxy) is 1. The second kappa shape index (κ2) is 9.61. The summed E-state index contributed by atoms with van der Waals surface area (Å²) in [6.07, 6.45) is -1.40. The Morgan fingerprint density at radius 1 is 1.42 bits per heavy atom. The van der Waals surface area contributed by atoms with Crippen LogP contribution in [0.15, 0.2) is 0 Å². The van der Waals surface area contributed by atoms with Crippen LogP contribution in [0.25, 0.3) is 0 Å². The molecule has 1 fully saturated rings. The van der Waals surface area contributed by atoms with Gasteiger partial charge in [-0.1, -0.05) is 22.3 Å². The van der Waals surface area contributed by atoms with Gasteiger partial charge in [-0.2, -0.15) is 0 Å². The number of rotatable bonds is 5. The van der Waals surface area contributed by atoms with Crippen LogP contribution in [0.1, 0.15) is 42.5 Å². The fourth-order valence-electron chi connectivity index (χ4n) is 1.60. The normalized spacial score (nSPS) is 28.3. The molecule has 0 aromatic heterocycles. The van der Waals surface area contributed by atoms with Crippen molar-refractivity contribution in [3.63, 3.8) is 0 Å². The van der Waals surface area contributed by atoms with E-state index >= 15 is 0 Å². The Kier molecular flexibility index (Phi) is 12.0. The largest absolute Gasteiger partial charge is 0.390 e. The van der Waals surface area contributed by atoms with Gasteiger partial charge in [0.05, 0.1) is 18.8 Å². The topological polar surface area (TPSA) is 93.1 Å². The molecule has 19 heavy (non-hydrogen) atoms. The van der Waals surface area contributed by atoms with Gasteiger partial charge in [0.2, 0.25) is 0 Å². The summed E-state index contributed by atoms with van der Waals surface area (Å²) in [6, 6.07) is 0. The van der Waals surface area contributed by atoms with Gasteiger partial charge in [0.15, 0.2) is 0 Å². The van der Waals surface area contributed by atoms with Crippen molar-refractivity contribution in [2.75, 3.05) is 12.8 Å². The van der Waals surface area contributed by atoms with E-state index in [9.17, 15) is 19.4 Å². The first-order chi connectivity index (χ1) is 7.30. The van der Waals surface area contributed by atoms with Crippen LogP contribution < -0.4 is 0 Å². The summed E-state index contributed by atoms with van der Waals surface area (Å²) in [6.45, 7) is 2.85. The van der Waals surface area contributed by atoms with Crippen LogP contribution >= 0.6 is 7.60 Å². The first-order valence-electron chi connectivity index (χ1n) is 5.09. The van der Waals surface area contributed by atoms with Crippen LogP contribution in [0.3, 0.4) is 0 Å². The van der Waals surface area contributed by atoms with E-state index in [0.717, 1.165) is 0 Å². The molecule has 118 valence electrons. The van der Waals surface area contributed by atoms with E-state index in [1.54, 1.807) is 6.92 Å². The number of carbonyl (C=O) groups excluding carboxylic acids is 1. The second-order valence-electron chi connectivity index (χ2n) is 4.08. The fourth-order valence-corrected chi connectivity index (χ4v) is 2.64. The summed E-state index contributed by atoms with van der Waals surface area (Å²) in [5.74, 6) is -0.410. The molecule has 0 amide bonds. The summed E-state index contributed by atoms with van der Waals surface area (Å²) in [4.78, 5) is 20.0. The zero-order valence-electron chi connectivity index (χ0n) is 9.33. The van der Waals surface area contributed by atoms with Gasteiger partial charge in [0.25, 0.3) is 0 Å². The molecule has 1 aliphatic rings. The van der Waals surface area contributed by atoms with E-state index in [-0.39, 0.29) is 35.0 Å². The first-order valence-corrected chi connectivity index (χ1v) is 6.86. The monoisotopic (exact) mass is 300 g/mol. The van der Waals surface area contributed by atoms with Crippen LogP contribution in [0, 0.1) is 0 Å². The van der Waals surface area contributed by atoms with Gasteiger partial charge in [0.1, 0.15) is 18.0 Å². The van der Waals surface area contributed by atoms with E-state index < -0.39 is 31.7 Å². The smallest absolute Gasteiger partial charge is 0.335 e. The molecule has 0 aromatic rings. The minimum Gasteiger partial charge on any atom is -0.390 e. The van der Waals surface area contributed by atoms with E-state index in [1.807, 2.05) is 0 Å². The van der Waals surface area contributed by atoms with Gasteiger partial charge in [-0.15, -0.1) is 0 Å². The first kappa shape index (κ1) is 23.8. The van der Waals surface area contributed by atoms with Crippen molar-refractivity contribution in [2.24, 2.45) is 0 Å². The van der Waals surface area contributed by atoms with Gasteiger partial charge >= 0.3 is 7.60 Å². The third kappa shape index (κ3) is 8.50. The minimum atomic E-state index is -3.89.